The molecule has 2 rings (SSSR count). The second-order valence-corrected chi connectivity index (χ2v) is 4.74. The first-order chi connectivity index (χ1) is 9.29. The lowest BCUT2D eigenvalue weighted by molar-refractivity contribution is -0.137. The topological polar surface area (TPSA) is 40.5 Å². The molecule has 0 aliphatic carbocycles. The van der Waals surface area contributed by atoms with Crippen LogP contribution in [0.25, 0.3) is 0 Å². The summed E-state index contributed by atoms with van der Waals surface area (Å²) in [5.41, 5.74) is -1.69. The second-order valence-electron chi connectivity index (χ2n) is 4.74. The molecule has 7 heteroatoms. The number of alkyl halides is 3. The summed E-state index contributed by atoms with van der Waals surface area (Å²) in [7, 11) is 0. The van der Waals surface area contributed by atoms with Crippen LogP contribution >= 0.6 is 0 Å². The maximum Gasteiger partial charge on any atom is 0.416 e. The number of aliphatic hydroxyl groups is 1. The minimum absolute atomic E-state index is 0.00845. The first-order valence-corrected chi connectivity index (χ1v) is 6.13. The van der Waals surface area contributed by atoms with E-state index in [1.165, 1.54) is 4.90 Å². The summed E-state index contributed by atoms with van der Waals surface area (Å²) in [6.45, 7) is 0.306. The fourth-order valence-corrected chi connectivity index (χ4v) is 2.18. The van der Waals surface area contributed by atoms with E-state index >= 15 is 0 Å². The molecule has 1 amide bonds. The molecular weight excluding hydrogens is 278 g/mol. The van der Waals surface area contributed by atoms with Gasteiger partial charge in [0.2, 0.25) is 0 Å². The Hall–Kier alpha value is -1.63. The first-order valence-electron chi connectivity index (χ1n) is 6.13. The molecule has 1 atom stereocenters. The van der Waals surface area contributed by atoms with Crippen LogP contribution in [0.2, 0.25) is 0 Å². The monoisotopic (exact) mass is 291 g/mol. The Labute approximate surface area is 112 Å². The molecule has 0 unspecified atom stereocenters. The smallest absolute Gasteiger partial charge is 0.391 e. The van der Waals surface area contributed by atoms with Gasteiger partial charge in [0.1, 0.15) is 5.82 Å². The maximum atomic E-state index is 13.6. The lowest BCUT2D eigenvalue weighted by Gasteiger charge is -2.30. The summed E-state index contributed by atoms with van der Waals surface area (Å²) in [4.78, 5) is 13.2. The second kappa shape index (κ2) is 5.40. The lowest BCUT2D eigenvalue weighted by atomic mass is 10.0. The normalized spacial score (nSPS) is 20.1. The van der Waals surface area contributed by atoms with Crippen LogP contribution in [-0.4, -0.2) is 35.1 Å². The molecule has 0 spiro atoms. The molecule has 1 aromatic carbocycles. The van der Waals surface area contributed by atoms with E-state index in [0.29, 0.717) is 37.6 Å². The molecule has 1 aromatic rings. The number of likely N-dealkylation sites (tertiary alicyclic amines) is 1. The van der Waals surface area contributed by atoms with Gasteiger partial charge in [-0.1, -0.05) is 0 Å². The van der Waals surface area contributed by atoms with Gasteiger partial charge in [0.05, 0.1) is 17.2 Å². The minimum atomic E-state index is -4.63. The van der Waals surface area contributed by atoms with Crippen molar-refractivity contribution in [2.24, 2.45) is 0 Å². The number of carbonyl (C=O) groups is 1. The molecule has 0 saturated carbocycles. The van der Waals surface area contributed by atoms with Gasteiger partial charge in [0, 0.05) is 13.1 Å². The van der Waals surface area contributed by atoms with E-state index in [1.807, 2.05) is 0 Å². The summed E-state index contributed by atoms with van der Waals surface area (Å²) in [6, 6.07) is 1.74. The molecule has 0 radical (unpaired) electrons. The highest BCUT2D eigenvalue weighted by atomic mass is 19.4. The van der Waals surface area contributed by atoms with Gasteiger partial charge in [-0.25, -0.2) is 4.39 Å². The van der Waals surface area contributed by atoms with Crippen LogP contribution in [-0.2, 0) is 6.18 Å². The molecule has 1 heterocycles. The van der Waals surface area contributed by atoms with Crippen molar-refractivity contribution in [3.63, 3.8) is 0 Å². The highest BCUT2D eigenvalue weighted by Gasteiger charge is 2.33. The molecule has 1 aliphatic heterocycles. The summed E-state index contributed by atoms with van der Waals surface area (Å²) in [6.07, 6.45) is -4.30. The lowest BCUT2D eigenvalue weighted by Crippen LogP contribution is -2.42. The number of aliphatic hydroxyl groups excluding tert-OH is 1. The average Bonchev–Trinajstić information content (AvgIpc) is 2.37. The average molecular weight is 291 g/mol. The molecule has 0 bridgehead atoms. The molecule has 110 valence electrons. The Bertz CT molecular complexity index is 516. The van der Waals surface area contributed by atoms with Crippen LogP contribution in [0.15, 0.2) is 18.2 Å². The van der Waals surface area contributed by atoms with Crippen LogP contribution in [0, 0.1) is 5.82 Å². The zero-order valence-corrected chi connectivity index (χ0v) is 10.5. The van der Waals surface area contributed by atoms with Gasteiger partial charge in [0.25, 0.3) is 5.91 Å². The van der Waals surface area contributed by atoms with Gasteiger partial charge in [-0.05, 0) is 31.0 Å². The Kier molecular flexibility index (Phi) is 3.99. The number of piperidine rings is 1. The molecule has 1 N–H and O–H groups in total. The van der Waals surface area contributed by atoms with E-state index in [1.54, 1.807) is 0 Å². The molecule has 1 aliphatic rings. The predicted molar refractivity (Wildman–Crippen MR) is 62.5 cm³/mol. The fraction of sp³-hybridized carbons (Fsp3) is 0.462. The van der Waals surface area contributed by atoms with E-state index in [4.69, 9.17) is 0 Å². The van der Waals surface area contributed by atoms with Crippen molar-refractivity contribution >= 4 is 5.91 Å². The zero-order valence-electron chi connectivity index (χ0n) is 10.5. The van der Waals surface area contributed by atoms with Crippen molar-refractivity contribution in [3.05, 3.63) is 35.1 Å². The van der Waals surface area contributed by atoms with Gasteiger partial charge >= 0.3 is 6.18 Å². The predicted octanol–water partition coefficient (Wildman–Crippen LogP) is 2.44. The van der Waals surface area contributed by atoms with Crippen LogP contribution in [0.3, 0.4) is 0 Å². The van der Waals surface area contributed by atoms with Gasteiger partial charge in [-0.3, -0.25) is 4.79 Å². The fourth-order valence-electron chi connectivity index (χ4n) is 2.18. The Morgan fingerprint density at radius 3 is 2.65 bits per heavy atom. The molecule has 1 saturated heterocycles. The summed E-state index contributed by atoms with van der Waals surface area (Å²) in [5.74, 6) is -1.82. The number of rotatable bonds is 1. The van der Waals surface area contributed by atoms with Crippen molar-refractivity contribution in [2.75, 3.05) is 13.1 Å². The summed E-state index contributed by atoms with van der Waals surface area (Å²) >= 11 is 0. The quantitative estimate of drug-likeness (QED) is 0.807. The van der Waals surface area contributed by atoms with Gasteiger partial charge in [-0.15, -0.1) is 0 Å². The number of amides is 1. The third kappa shape index (κ3) is 3.09. The number of hydrogen-bond acceptors (Lipinski definition) is 2. The third-order valence-corrected chi connectivity index (χ3v) is 3.21. The Morgan fingerprint density at radius 1 is 1.35 bits per heavy atom. The van der Waals surface area contributed by atoms with Gasteiger partial charge < -0.3 is 10.0 Å². The minimum Gasteiger partial charge on any atom is -0.391 e. The van der Waals surface area contributed by atoms with Crippen molar-refractivity contribution in [2.45, 2.75) is 25.1 Å². The molecule has 3 nitrogen and oxygen atoms in total. The first kappa shape index (κ1) is 14.8. The van der Waals surface area contributed by atoms with Crippen LogP contribution in [0.1, 0.15) is 28.8 Å². The standard InChI is InChI=1S/C13H13F4NO2/c14-11-4-3-8(13(15,16)17)6-10(11)12(20)18-5-1-2-9(19)7-18/h3-4,6,9,19H,1-2,5,7H2/t9-/m0/s1. The highest BCUT2D eigenvalue weighted by Crippen LogP contribution is 2.30. The number of halogens is 4. The van der Waals surface area contributed by atoms with Gasteiger partial charge in [-0.2, -0.15) is 13.2 Å². The Balaban J connectivity index is 2.29. The SMILES string of the molecule is O=C(c1cc(C(F)(F)F)ccc1F)N1CCC[C@H](O)C1. The molecular formula is C13H13F4NO2. The van der Waals surface area contributed by atoms with E-state index in [-0.39, 0.29) is 6.54 Å². The van der Waals surface area contributed by atoms with E-state index in [0.717, 1.165) is 0 Å². The number of hydrogen-bond donors (Lipinski definition) is 1. The maximum absolute atomic E-state index is 13.6. The van der Waals surface area contributed by atoms with Crippen LogP contribution in [0.4, 0.5) is 17.6 Å². The zero-order chi connectivity index (χ0) is 14.9. The van der Waals surface area contributed by atoms with E-state index in [9.17, 15) is 27.5 Å². The van der Waals surface area contributed by atoms with Crippen molar-refractivity contribution in [3.8, 4) is 0 Å². The Morgan fingerprint density at radius 2 is 2.05 bits per heavy atom. The van der Waals surface area contributed by atoms with Crippen molar-refractivity contribution in [1.29, 1.82) is 0 Å². The molecule has 0 aromatic heterocycles. The van der Waals surface area contributed by atoms with Crippen LogP contribution < -0.4 is 0 Å². The number of β-amino-alcohol motifs (C(OH)–C–C–N with tert-alkyl or cyclic N) is 1. The highest BCUT2D eigenvalue weighted by molar-refractivity contribution is 5.94. The van der Waals surface area contributed by atoms with Gasteiger partial charge in [0.15, 0.2) is 0 Å². The number of benzene rings is 1. The van der Waals surface area contributed by atoms with E-state index < -0.39 is 35.1 Å². The van der Waals surface area contributed by atoms with E-state index in [2.05, 4.69) is 0 Å². The van der Waals surface area contributed by atoms with Crippen molar-refractivity contribution < 1.29 is 27.5 Å². The number of nitrogens with zero attached hydrogens (tertiary/aromatic N) is 1. The molecule has 1 fully saturated rings. The third-order valence-electron chi connectivity index (χ3n) is 3.21. The molecule has 20 heavy (non-hydrogen) atoms. The largest absolute Gasteiger partial charge is 0.416 e. The van der Waals surface area contributed by atoms with Crippen LogP contribution in [0.5, 0.6) is 0 Å². The number of carbonyl (C=O) groups excluding carboxylic acids is 1. The summed E-state index contributed by atoms with van der Waals surface area (Å²) in [5, 5.41) is 9.46. The summed E-state index contributed by atoms with van der Waals surface area (Å²) < 4.78 is 51.3. The van der Waals surface area contributed by atoms with Crippen molar-refractivity contribution in [1.82, 2.24) is 4.90 Å².